The smallest absolute Gasteiger partial charge is 0.405 e. The van der Waals surface area contributed by atoms with Crippen LogP contribution in [-0.4, -0.2) is 83.8 Å². The predicted octanol–water partition coefficient (Wildman–Crippen LogP) is 26.7. The molecular formula is C107H96B3BrN6O6. The second kappa shape index (κ2) is 32.2. The second-order valence-corrected chi connectivity index (χ2v) is 35.7. The van der Waals surface area contributed by atoms with Crippen molar-refractivity contribution in [3.8, 4) is 101 Å². The Balaban J connectivity index is 0.000000140. The number of hydrogen-bond acceptors (Lipinski definition) is 10. The van der Waals surface area contributed by atoms with E-state index in [2.05, 4.69) is 349 Å². The van der Waals surface area contributed by atoms with Crippen LogP contribution in [0.15, 0.2) is 345 Å². The van der Waals surface area contributed by atoms with Crippen LogP contribution in [0.3, 0.4) is 0 Å². The van der Waals surface area contributed by atoms with E-state index >= 15 is 0 Å². The zero-order valence-electron chi connectivity index (χ0n) is 70.6. The molecule has 4 aromatic heterocycles. The second-order valence-electron chi connectivity index (χ2n) is 34.9. The first-order valence-electron chi connectivity index (χ1n) is 41.9. The molecule has 16 heteroatoms. The number of aromatic nitrogens is 6. The first-order valence-corrected chi connectivity index (χ1v) is 42.7. The molecule has 0 amide bonds. The summed E-state index contributed by atoms with van der Waals surface area (Å²) in [4.78, 5) is 19.7. The molecule has 18 aromatic rings. The molecular weight excluding hydrogens is 1580 g/mol. The van der Waals surface area contributed by atoms with Gasteiger partial charge in [0.2, 0.25) is 0 Å². The lowest BCUT2D eigenvalue weighted by Crippen LogP contribution is -2.41. The van der Waals surface area contributed by atoms with Gasteiger partial charge in [0, 0.05) is 46.0 Å². The van der Waals surface area contributed by atoms with Gasteiger partial charge in [-0.3, -0.25) is 14.1 Å². The topological polar surface area (TPSA) is 117 Å². The van der Waals surface area contributed by atoms with Crippen LogP contribution < -0.4 is 5.59 Å². The minimum atomic E-state index is -0.519. The first kappa shape index (κ1) is 81.8. The van der Waals surface area contributed by atoms with Gasteiger partial charge in [0.1, 0.15) is 16.3 Å². The number of imidazole rings is 2. The summed E-state index contributed by atoms with van der Waals surface area (Å²) in [5.41, 5.74) is 20.8. The monoisotopic (exact) mass is 1670 g/mol. The molecule has 0 spiro atoms. The Kier molecular flexibility index (Phi) is 21.4. The summed E-state index contributed by atoms with van der Waals surface area (Å²) in [6.07, 6.45) is 3.93. The molecule has 3 fully saturated rings. The Hall–Kier alpha value is -12.2. The van der Waals surface area contributed by atoms with Crippen LogP contribution in [0, 0.1) is 0 Å². The lowest BCUT2D eigenvalue weighted by atomic mass is 9.49. The molecule has 0 radical (unpaired) electrons. The molecule has 0 unspecified atom stereocenters. The maximum atomic E-state index is 6.34. The van der Waals surface area contributed by atoms with Gasteiger partial charge < -0.3 is 27.9 Å². The fourth-order valence-electron chi connectivity index (χ4n) is 17.1. The minimum absolute atomic E-state index is 0. The molecule has 14 aromatic carbocycles. The van der Waals surface area contributed by atoms with Crippen molar-refractivity contribution in [1.29, 1.82) is 0 Å². The number of hydrogen-bond donors (Lipinski definition) is 0. The molecule has 0 N–H and O–H groups in total. The van der Waals surface area contributed by atoms with Gasteiger partial charge in [-0.05, 0) is 271 Å². The van der Waals surface area contributed by atoms with E-state index < -0.39 is 32.3 Å². The fourth-order valence-corrected chi connectivity index (χ4v) is 17.3. The van der Waals surface area contributed by atoms with E-state index in [9.17, 15) is 0 Å². The minimum Gasteiger partial charge on any atom is -0.405 e. The highest BCUT2D eigenvalue weighted by atomic mass is 79.9. The van der Waals surface area contributed by atoms with E-state index in [1.807, 2.05) is 104 Å². The van der Waals surface area contributed by atoms with Crippen LogP contribution in [0.1, 0.15) is 90.5 Å². The standard InChI is InChI=1S/C50H40BN3O2.C44H28BrN3.C12H24B2O4.CH4/c1-49(2)50(3,4)56-51(55-49)45-30-28-37(32-52-45)47-40-20-12-11-19-39(40)46(34-15-7-5-8-16-34)42-31-36(27-29-41(42)47)33-23-25-35(26-24-33)48-53-43-21-13-14-22-44(43)54(48)38-17-9-6-10-18-38;45-41-26-24-33(28-46-41)43-36-16-8-7-15-35(36)42(30-11-3-1-4-12-30)38-27-32(23-25-37(38)43)29-19-21-31(22-20-29)44-47-39-17-9-10-18-40(39)48(44)34-13-5-2-6-14-34;1-9(2)10(3,4)16-13(15-9)14-17-11(5,6)12(7,8)18-14;/h5-32H,1-4H3;1-28H;1-8H3;1H4. The van der Waals surface area contributed by atoms with E-state index in [4.69, 9.17) is 42.9 Å². The number of pyridine rings is 2. The van der Waals surface area contributed by atoms with Crippen molar-refractivity contribution in [3.63, 3.8) is 0 Å². The number of fused-ring (bicyclic) bond motifs is 6. The number of halogens is 1. The summed E-state index contributed by atoms with van der Waals surface area (Å²) in [5, 5.41) is 9.59. The summed E-state index contributed by atoms with van der Waals surface area (Å²) in [6, 6.07) is 116. The van der Waals surface area contributed by atoms with Crippen molar-refractivity contribution in [1.82, 2.24) is 29.1 Å². The quantitative estimate of drug-likeness (QED) is 0.0665. The van der Waals surface area contributed by atoms with E-state index in [1.165, 1.54) is 70.9 Å². The largest absolute Gasteiger partial charge is 0.514 e. The maximum Gasteiger partial charge on any atom is 0.514 e. The van der Waals surface area contributed by atoms with Crippen molar-refractivity contribution in [3.05, 3.63) is 345 Å². The molecule has 3 aliphatic heterocycles. The van der Waals surface area contributed by atoms with Crippen LogP contribution in [0.2, 0.25) is 0 Å². The highest BCUT2D eigenvalue weighted by Crippen LogP contribution is 2.49. The van der Waals surface area contributed by atoms with Crippen molar-refractivity contribution in [2.75, 3.05) is 0 Å². The van der Waals surface area contributed by atoms with Crippen molar-refractivity contribution in [2.45, 2.75) is 124 Å². The van der Waals surface area contributed by atoms with Gasteiger partial charge in [-0.25, -0.2) is 15.0 Å². The van der Waals surface area contributed by atoms with Crippen LogP contribution in [-0.2, 0) is 27.9 Å². The number of nitrogens with zero attached hydrogens (tertiary/aromatic N) is 6. The lowest BCUT2D eigenvalue weighted by Gasteiger charge is -2.32. The van der Waals surface area contributed by atoms with E-state index in [0.717, 1.165) is 105 Å². The molecule has 0 aliphatic carbocycles. The Bertz CT molecular complexity index is 6890. The SMILES string of the molecule is Brc1ccc(-c2c3ccccc3c(-c3ccccc3)c3cc(-c4ccc(-c5nc6ccccc6n5-c5ccccc5)cc4)ccc23)cn1.C.CC1(C)OB(B2OC(C)(C)C(C)(C)O2)OC1(C)C.CC1(C)OB(c2ccc(-c3c4ccccc4c(-c4ccccc4)c4cc(-c5ccc(-c6nc7ccccc7n6-c6ccccc6)cc5)ccc34)cn2)OC1(C)C. The predicted molar refractivity (Wildman–Crippen MR) is 514 cm³/mol. The Labute approximate surface area is 729 Å². The van der Waals surface area contributed by atoms with Crippen LogP contribution >= 0.6 is 15.9 Å². The molecule has 3 saturated heterocycles. The fraction of sp³-hybridized carbons (Fsp3) is 0.178. The number of para-hydroxylation sites is 6. The Morgan fingerprint density at radius 1 is 0.260 bits per heavy atom. The Morgan fingerprint density at radius 3 is 0.911 bits per heavy atom. The maximum absolute atomic E-state index is 6.34. The van der Waals surface area contributed by atoms with Gasteiger partial charge in [-0.2, -0.15) is 0 Å². The van der Waals surface area contributed by atoms with Crippen molar-refractivity contribution < 1.29 is 27.9 Å². The van der Waals surface area contributed by atoms with Crippen LogP contribution in [0.25, 0.3) is 166 Å². The average Bonchev–Trinajstić information content (AvgIpc) is 1.36. The van der Waals surface area contributed by atoms with Gasteiger partial charge in [0.25, 0.3) is 0 Å². The lowest BCUT2D eigenvalue weighted by molar-refractivity contribution is 0.00578. The summed E-state index contributed by atoms with van der Waals surface area (Å²) in [6.45, 7) is 24.5. The van der Waals surface area contributed by atoms with Gasteiger partial charge in [-0.15, -0.1) is 0 Å². The summed E-state index contributed by atoms with van der Waals surface area (Å²) in [7, 11) is -1.47. The molecule has 3 aliphatic rings. The van der Waals surface area contributed by atoms with Crippen molar-refractivity contribution in [2.24, 2.45) is 0 Å². The number of rotatable bonds is 12. The van der Waals surface area contributed by atoms with Gasteiger partial charge in [-0.1, -0.05) is 262 Å². The molecule has 12 nitrogen and oxygen atoms in total. The summed E-state index contributed by atoms with van der Waals surface area (Å²) in [5.74, 6) is 1.85. The highest BCUT2D eigenvalue weighted by Gasteiger charge is 2.64. The normalized spacial score (nSPS) is 15.9. The van der Waals surface area contributed by atoms with E-state index in [0.29, 0.717) is 0 Å². The zero-order valence-corrected chi connectivity index (χ0v) is 72.2. The number of benzene rings is 14. The van der Waals surface area contributed by atoms with Gasteiger partial charge >= 0.3 is 21.1 Å². The highest BCUT2D eigenvalue weighted by molar-refractivity contribution is 9.10. The molecule has 0 bridgehead atoms. The van der Waals surface area contributed by atoms with Gasteiger partial charge in [0.15, 0.2) is 0 Å². The Morgan fingerprint density at radius 2 is 0.553 bits per heavy atom. The first-order chi connectivity index (χ1) is 58.9. The third-order valence-electron chi connectivity index (χ3n) is 25.6. The van der Waals surface area contributed by atoms with Crippen LogP contribution in [0.5, 0.6) is 0 Å². The molecule has 7 heterocycles. The van der Waals surface area contributed by atoms with E-state index in [1.54, 1.807) is 0 Å². The summed E-state index contributed by atoms with van der Waals surface area (Å²) >= 11 is 3.52. The zero-order chi connectivity index (χ0) is 84.0. The average molecular weight is 1670 g/mol. The molecule has 0 atom stereocenters. The third-order valence-corrected chi connectivity index (χ3v) is 26.1. The summed E-state index contributed by atoms with van der Waals surface area (Å²) < 4.78 is 41.8. The van der Waals surface area contributed by atoms with E-state index in [-0.39, 0.29) is 29.8 Å². The van der Waals surface area contributed by atoms with Crippen LogP contribution in [0.4, 0.5) is 0 Å². The molecule has 21 rings (SSSR count). The molecule has 606 valence electrons. The van der Waals surface area contributed by atoms with Gasteiger partial charge in [0.05, 0.1) is 61.3 Å². The van der Waals surface area contributed by atoms with Crippen molar-refractivity contribution >= 4 is 108 Å². The third kappa shape index (κ3) is 15.1. The molecule has 123 heavy (non-hydrogen) atoms. The molecule has 0 saturated carbocycles.